The van der Waals surface area contributed by atoms with Gasteiger partial charge in [0.05, 0.1) is 11.0 Å². The molecule has 1 saturated heterocycles. The summed E-state index contributed by atoms with van der Waals surface area (Å²) < 4.78 is 25.3. The third kappa shape index (κ3) is 2.32. The van der Waals surface area contributed by atoms with Crippen LogP contribution in [-0.4, -0.2) is 45.3 Å². The van der Waals surface area contributed by atoms with Gasteiger partial charge in [-0.1, -0.05) is 0 Å². The molecule has 1 fully saturated rings. The molecule has 1 aromatic heterocycles. The molecule has 0 spiro atoms. The van der Waals surface area contributed by atoms with E-state index in [1.165, 1.54) is 0 Å². The molecule has 8 heteroatoms. The average Bonchev–Trinajstić information content (AvgIpc) is 2.92. The summed E-state index contributed by atoms with van der Waals surface area (Å²) in [5.74, 6) is -0.343. The molecule has 0 amide bonds. The quantitative estimate of drug-likeness (QED) is 0.864. The van der Waals surface area contributed by atoms with Crippen molar-refractivity contribution < 1.29 is 18.3 Å². The van der Waals surface area contributed by atoms with Crippen molar-refractivity contribution in [2.75, 3.05) is 5.75 Å². The first-order valence-corrected chi connectivity index (χ1v) is 8.57. The summed E-state index contributed by atoms with van der Waals surface area (Å²) in [6.07, 6.45) is 2.96. The number of sulfone groups is 1. The number of hydrogen-bond donors (Lipinski definition) is 1. The number of rotatable bonds is 3. The van der Waals surface area contributed by atoms with Crippen molar-refractivity contribution in [1.29, 1.82) is 0 Å². The lowest BCUT2D eigenvalue weighted by Crippen LogP contribution is -2.22. The summed E-state index contributed by atoms with van der Waals surface area (Å²) in [5, 5.41) is 13.1. The Morgan fingerprint density at radius 1 is 1.35 bits per heavy atom. The van der Waals surface area contributed by atoms with Crippen LogP contribution in [-0.2, 0) is 27.6 Å². The van der Waals surface area contributed by atoms with E-state index in [-0.39, 0.29) is 5.75 Å². The zero-order chi connectivity index (χ0) is 14.3. The van der Waals surface area contributed by atoms with Crippen molar-refractivity contribution in [2.45, 2.75) is 49.8 Å². The molecular weight excluding hydrogens is 282 g/mol. The minimum atomic E-state index is -3.02. The van der Waals surface area contributed by atoms with Crippen molar-refractivity contribution in [2.24, 2.45) is 0 Å². The van der Waals surface area contributed by atoms with E-state index in [2.05, 4.69) is 10.1 Å². The predicted molar refractivity (Wildman–Crippen MR) is 70.1 cm³/mol. The highest BCUT2D eigenvalue weighted by molar-refractivity contribution is 7.92. The monoisotopic (exact) mass is 299 g/mol. The number of aromatic nitrogens is 3. The van der Waals surface area contributed by atoms with Crippen molar-refractivity contribution in [3.8, 4) is 0 Å². The fraction of sp³-hybridized carbons (Fsp3) is 0.750. The number of aryl methyl sites for hydroxylation is 1. The van der Waals surface area contributed by atoms with E-state index in [1.807, 2.05) is 0 Å². The van der Waals surface area contributed by atoms with Gasteiger partial charge in [-0.05, 0) is 25.7 Å². The van der Waals surface area contributed by atoms with Gasteiger partial charge in [0.15, 0.2) is 15.7 Å². The van der Waals surface area contributed by atoms with Gasteiger partial charge in [-0.3, -0.25) is 4.79 Å². The number of carboxylic acid groups (broad SMARTS) is 1. The number of hydrogen-bond acceptors (Lipinski definition) is 5. The Morgan fingerprint density at radius 3 is 2.80 bits per heavy atom. The first-order valence-electron chi connectivity index (χ1n) is 6.85. The highest BCUT2D eigenvalue weighted by Gasteiger charge is 2.34. The molecular formula is C12H17N3O4S. The summed E-state index contributed by atoms with van der Waals surface area (Å²) in [7, 11) is -3.02. The Morgan fingerprint density at radius 2 is 2.15 bits per heavy atom. The van der Waals surface area contributed by atoms with Crippen LogP contribution in [0, 0.1) is 0 Å². The van der Waals surface area contributed by atoms with Crippen molar-refractivity contribution in [3.05, 3.63) is 11.6 Å². The topological polar surface area (TPSA) is 102 Å². The SMILES string of the molecule is O=C(O)C1CCCn2nc(CC3CCCS3(=O)=O)nc21. The number of aliphatic carboxylic acids is 1. The van der Waals surface area contributed by atoms with Gasteiger partial charge in [0.25, 0.3) is 0 Å². The second kappa shape index (κ2) is 4.83. The van der Waals surface area contributed by atoms with Crippen LogP contribution >= 0.6 is 0 Å². The maximum absolute atomic E-state index is 11.8. The Kier molecular flexibility index (Phi) is 3.27. The third-order valence-electron chi connectivity index (χ3n) is 4.09. The zero-order valence-corrected chi connectivity index (χ0v) is 11.8. The molecule has 2 aliphatic heterocycles. The van der Waals surface area contributed by atoms with E-state index in [0.717, 1.165) is 6.42 Å². The molecule has 2 atom stereocenters. The third-order valence-corrected chi connectivity index (χ3v) is 6.37. The molecule has 2 aliphatic rings. The Labute approximate surface area is 116 Å². The largest absolute Gasteiger partial charge is 0.481 e. The molecule has 0 aliphatic carbocycles. The second-order valence-electron chi connectivity index (χ2n) is 5.48. The molecule has 2 unspecified atom stereocenters. The first kappa shape index (κ1) is 13.5. The van der Waals surface area contributed by atoms with Crippen LogP contribution in [0.1, 0.15) is 43.3 Å². The number of carbonyl (C=O) groups is 1. The zero-order valence-electron chi connectivity index (χ0n) is 11.0. The average molecular weight is 299 g/mol. The molecule has 0 radical (unpaired) electrons. The minimum absolute atomic E-state index is 0.239. The number of carboxylic acids is 1. The fourth-order valence-electron chi connectivity index (χ4n) is 3.01. The van der Waals surface area contributed by atoms with E-state index < -0.39 is 27.0 Å². The molecule has 1 N–H and O–H groups in total. The molecule has 7 nitrogen and oxygen atoms in total. The number of fused-ring (bicyclic) bond motifs is 1. The normalized spacial score (nSPS) is 28.2. The summed E-state index contributed by atoms with van der Waals surface area (Å²) in [6, 6.07) is 0. The van der Waals surface area contributed by atoms with Crippen LogP contribution in [0.4, 0.5) is 0 Å². The Hall–Kier alpha value is -1.44. The van der Waals surface area contributed by atoms with Crippen molar-refractivity contribution in [3.63, 3.8) is 0 Å². The highest BCUT2D eigenvalue weighted by atomic mass is 32.2. The van der Waals surface area contributed by atoms with Crippen molar-refractivity contribution in [1.82, 2.24) is 14.8 Å². The van der Waals surface area contributed by atoms with Gasteiger partial charge >= 0.3 is 5.97 Å². The molecule has 1 aromatic rings. The van der Waals surface area contributed by atoms with Crippen LogP contribution < -0.4 is 0 Å². The molecule has 0 aromatic carbocycles. The standard InChI is InChI=1S/C12H17N3O4S/c16-12(17)9-4-1-5-15-11(9)13-10(14-15)7-8-3-2-6-20(8,18)19/h8-9H,1-7H2,(H,16,17). The van der Waals surface area contributed by atoms with Gasteiger partial charge in [-0.15, -0.1) is 0 Å². The van der Waals surface area contributed by atoms with Gasteiger partial charge in [0.1, 0.15) is 11.7 Å². The molecule has 0 saturated carbocycles. The van der Waals surface area contributed by atoms with Gasteiger partial charge < -0.3 is 5.11 Å². The molecule has 3 rings (SSSR count). The van der Waals surface area contributed by atoms with Crippen LogP contribution in [0.2, 0.25) is 0 Å². The number of nitrogens with zero attached hydrogens (tertiary/aromatic N) is 3. The molecule has 20 heavy (non-hydrogen) atoms. The summed E-state index contributed by atoms with van der Waals surface area (Å²) in [6.45, 7) is 0.656. The maximum atomic E-state index is 11.8. The maximum Gasteiger partial charge on any atom is 0.314 e. The van der Waals surface area contributed by atoms with Gasteiger partial charge in [-0.2, -0.15) is 5.10 Å². The van der Waals surface area contributed by atoms with Crippen LogP contribution in [0.5, 0.6) is 0 Å². The van der Waals surface area contributed by atoms with Crippen LogP contribution in [0.25, 0.3) is 0 Å². The van der Waals surface area contributed by atoms with Crippen molar-refractivity contribution >= 4 is 15.8 Å². The summed E-state index contributed by atoms with van der Waals surface area (Å²) >= 11 is 0. The van der Waals surface area contributed by atoms with E-state index in [0.29, 0.717) is 43.9 Å². The predicted octanol–water partition coefficient (Wildman–Crippen LogP) is 0.360. The summed E-state index contributed by atoms with van der Waals surface area (Å²) in [4.78, 5) is 15.5. The van der Waals surface area contributed by atoms with E-state index in [9.17, 15) is 18.3 Å². The molecule has 3 heterocycles. The van der Waals surface area contributed by atoms with E-state index >= 15 is 0 Å². The lowest BCUT2D eigenvalue weighted by Gasteiger charge is -2.17. The lowest BCUT2D eigenvalue weighted by atomic mass is 10.00. The second-order valence-corrected chi connectivity index (χ2v) is 7.88. The smallest absolute Gasteiger partial charge is 0.314 e. The van der Waals surface area contributed by atoms with E-state index in [4.69, 9.17) is 0 Å². The van der Waals surface area contributed by atoms with Gasteiger partial charge in [0, 0.05) is 13.0 Å². The molecule has 110 valence electrons. The fourth-order valence-corrected chi connectivity index (χ4v) is 4.84. The first-order chi connectivity index (χ1) is 9.47. The lowest BCUT2D eigenvalue weighted by molar-refractivity contribution is -0.139. The highest BCUT2D eigenvalue weighted by Crippen LogP contribution is 2.27. The van der Waals surface area contributed by atoms with E-state index in [1.54, 1.807) is 4.68 Å². The van der Waals surface area contributed by atoms with Crippen LogP contribution in [0.3, 0.4) is 0 Å². The van der Waals surface area contributed by atoms with Crippen LogP contribution in [0.15, 0.2) is 0 Å². The molecule has 0 bridgehead atoms. The summed E-state index contributed by atoms with van der Waals surface area (Å²) in [5.41, 5.74) is 0. The van der Waals surface area contributed by atoms with Gasteiger partial charge in [0.2, 0.25) is 0 Å². The Bertz CT molecular complexity index is 637. The minimum Gasteiger partial charge on any atom is -0.481 e. The van der Waals surface area contributed by atoms with Gasteiger partial charge in [-0.25, -0.2) is 18.1 Å². The Balaban J connectivity index is 1.84.